The first-order valence-electron chi connectivity index (χ1n) is 9.88. The number of imidazole rings is 1. The van der Waals surface area contributed by atoms with Crippen LogP contribution in [0.25, 0.3) is 16.9 Å². The Bertz CT molecular complexity index is 1260. The molecule has 2 aromatic carbocycles. The number of urea groups is 1. The minimum Gasteiger partial charge on any atom is -0.435 e. The van der Waals surface area contributed by atoms with Crippen LogP contribution in [-0.4, -0.2) is 40.1 Å². The average molecular weight is 436 g/mol. The maximum absolute atomic E-state index is 12.4. The standard InChI is InChI=1S/C22H18F2N6O2/c23-21(24)32-17-7-1-14(2-8-17)18-13-27-20-19(25-9-12-30(18)20)28-15-3-5-16(6-4-15)29-11-10-26-22(29)31/h1-9,12-13,21H,10-11H2,(H,25,28)(H,26,31). The molecular formula is C22H18F2N6O2. The zero-order valence-corrected chi connectivity index (χ0v) is 16.7. The van der Waals surface area contributed by atoms with E-state index >= 15 is 0 Å². The molecule has 2 aromatic heterocycles. The summed E-state index contributed by atoms with van der Waals surface area (Å²) in [7, 11) is 0. The average Bonchev–Trinajstić information content (AvgIpc) is 3.41. The largest absolute Gasteiger partial charge is 0.435 e. The van der Waals surface area contributed by atoms with Crippen molar-refractivity contribution in [2.24, 2.45) is 0 Å². The number of carbonyl (C=O) groups is 1. The number of nitrogens with zero attached hydrogens (tertiary/aromatic N) is 4. The number of hydrogen-bond donors (Lipinski definition) is 2. The van der Waals surface area contributed by atoms with E-state index in [1.165, 1.54) is 12.1 Å². The highest BCUT2D eigenvalue weighted by atomic mass is 19.3. The van der Waals surface area contributed by atoms with Crippen LogP contribution in [0.3, 0.4) is 0 Å². The predicted octanol–water partition coefficient (Wildman–Crippen LogP) is 4.27. The molecule has 4 aromatic rings. The molecule has 8 nitrogen and oxygen atoms in total. The van der Waals surface area contributed by atoms with Crippen molar-refractivity contribution in [3.8, 4) is 17.0 Å². The molecule has 0 spiro atoms. The van der Waals surface area contributed by atoms with Crippen LogP contribution in [0.1, 0.15) is 0 Å². The third-order valence-electron chi connectivity index (χ3n) is 5.10. The van der Waals surface area contributed by atoms with Crippen molar-refractivity contribution in [2.45, 2.75) is 6.61 Å². The normalized spacial score (nSPS) is 13.6. The van der Waals surface area contributed by atoms with Crippen LogP contribution in [0, 0.1) is 0 Å². The van der Waals surface area contributed by atoms with Gasteiger partial charge in [-0.15, -0.1) is 0 Å². The number of aromatic nitrogens is 3. The van der Waals surface area contributed by atoms with Crippen LogP contribution in [0.5, 0.6) is 5.75 Å². The van der Waals surface area contributed by atoms with Gasteiger partial charge in [0, 0.05) is 42.4 Å². The van der Waals surface area contributed by atoms with Gasteiger partial charge in [-0.25, -0.2) is 14.8 Å². The number of carbonyl (C=O) groups excluding carboxylic acids is 1. The van der Waals surface area contributed by atoms with Gasteiger partial charge in [0.25, 0.3) is 0 Å². The van der Waals surface area contributed by atoms with Gasteiger partial charge in [-0.3, -0.25) is 9.30 Å². The Morgan fingerprint density at radius 2 is 1.84 bits per heavy atom. The van der Waals surface area contributed by atoms with Gasteiger partial charge in [0.15, 0.2) is 11.5 Å². The summed E-state index contributed by atoms with van der Waals surface area (Å²) < 4.78 is 31.0. The lowest BCUT2D eigenvalue weighted by molar-refractivity contribution is -0.0498. The van der Waals surface area contributed by atoms with Gasteiger partial charge in [0.2, 0.25) is 0 Å². The van der Waals surface area contributed by atoms with E-state index in [-0.39, 0.29) is 11.8 Å². The van der Waals surface area contributed by atoms with Gasteiger partial charge < -0.3 is 15.4 Å². The molecule has 162 valence electrons. The minimum absolute atomic E-state index is 0.0939. The summed E-state index contributed by atoms with van der Waals surface area (Å²) in [5.41, 5.74) is 3.80. The summed E-state index contributed by atoms with van der Waals surface area (Å²) in [5.74, 6) is 0.652. The maximum Gasteiger partial charge on any atom is 0.387 e. The molecule has 3 heterocycles. The summed E-state index contributed by atoms with van der Waals surface area (Å²) in [6, 6.07) is 13.8. The fourth-order valence-corrected chi connectivity index (χ4v) is 3.61. The lowest BCUT2D eigenvalue weighted by Crippen LogP contribution is -2.27. The SMILES string of the molecule is O=C1NCCN1c1ccc(Nc2nccn3c(-c4ccc(OC(F)F)cc4)cnc23)cc1. The summed E-state index contributed by atoms with van der Waals surface area (Å²) in [6.45, 7) is -1.59. The van der Waals surface area contributed by atoms with Gasteiger partial charge in [-0.2, -0.15) is 8.78 Å². The summed E-state index contributed by atoms with van der Waals surface area (Å²) in [5, 5.41) is 6.03. The molecule has 0 unspecified atom stereocenters. The topological polar surface area (TPSA) is 83.8 Å². The smallest absolute Gasteiger partial charge is 0.387 e. The molecule has 2 N–H and O–H groups in total. The van der Waals surface area contributed by atoms with E-state index in [9.17, 15) is 13.6 Å². The maximum atomic E-state index is 12.4. The lowest BCUT2D eigenvalue weighted by Gasteiger charge is -2.15. The lowest BCUT2D eigenvalue weighted by atomic mass is 10.1. The number of benzene rings is 2. The fourth-order valence-electron chi connectivity index (χ4n) is 3.61. The first-order chi connectivity index (χ1) is 15.6. The molecule has 0 radical (unpaired) electrons. The second-order valence-electron chi connectivity index (χ2n) is 7.07. The highest BCUT2D eigenvalue weighted by Crippen LogP contribution is 2.28. The number of halogens is 2. The van der Waals surface area contributed by atoms with Crippen molar-refractivity contribution in [1.82, 2.24) is 19.7 Å². The van der Waals surface area contributed by atoms with E-state index in [1.807, 2.05) is 28.7 Å². The highest BCUT2D eigenvalue weighted by Gasteiger charge is 2.20. The van der Waals surface area contributed by atoms with E-state index in [0.717, 1.165) is 22.6 Å². The molecule has 0 saturated carbocycles. The van der Waals surface area contributed by atoms with E-state index < -0.39 is 6.61 Å². The van der Waals surface area contributed by atoms with Crippen molar-refractivity contribution in [3.05, 3.63) is 67.1 Å². The molecule has 5 rings (SSSR count). The minimum atomic E-state index is -2.86. The molecule has 10 heteroatoms. The van der Waals surface area contributed by atoms with Gasteiger partial charge in [0.1, 0.15) is 5.75 Å². The molecule has 1 aliphatic heterocycles. The predicted molar refractivity (Wildman–Crippen MR) is 116 cm³/mol. The van der Waals surface area contributed by atoms with E-state index in [2.05, 4.69) is 25.3 Å². The zero-order valence-electron chi connectivity index (χ0n) is 16.7. The molecule has 0 atom stereocenters. The van der Waals surface area contributed by atoms with Crippen molar-refractivity contribution >= 4 is 28.9 Å². The van der Waals surface area contributed by atoms with Crippen LogP contribution in [0.2, 0.25) is 0 Å². The van der Waals surface area contributed by atoms with Gasteiger partial charge in [-0.05, 0) is 48.5 Å². The van der Waals surface area contributed by atoms with Crippen LogP contribution in [-0.2, 0) is 0 Å². The van der Waals surface area contributed by atoms with Crippen LogP contribution >= 0.6 is 0 Å². The van der Waals surface area contributed by atoms with Crippen molar-refractivity contribution in [2.75, 3.05) is 23.3 Å². The number of fused-ring (bicyclic) bond motifs is 1. The summed E-state index contributed by atoms with van der Waals surface area (Å²) >= 11 is 0. The monoisotopic (exact) mass is 436 g/mol. The number of amides is 2. The second-order valence-corrected chi connectivity index (χ2v) is 7.07. The second kappa shape index (κ2) is 8.14. The Kier molecular flexibility index (Phi) is 5.02. The van der Waals surface area contributed by atoms with E-state index in [4.69, 9.17) is 0 Å². The number of nitrogens with one attached hydrogen (secondary N) is 2. The summed E-state index contributed by atoms with van der Waals surface area (Å²) in [6.07, 6.45) is 5.12. The molecule has 2 amide bonds. The Labute approximate surface area is 181 Å². The molecule has 32 heavy (non-hydrogen) atoms. The molecule has 1 saturated heterocycles. The zero-order chi connectivity index (χ0) is 22.1. The van der Waals surface area contributed by atoms with Gasteiger partial charge in [-0.1, -0.05) is 0 Å². The molecule has 1 fully saturated rings. The third-order valence-corrected chi connectivity index (χ3v) is 5.10. The Hall–Kier alpha value is -4.21. The summed E-state index contributed by atoms with van der Waals surface area (Å²) in [4.78, 5) is 22.4. The Morgan fingerprint density at radius 1 is 1.06 bits per heavy atom. The molecule has 1 aliphatic rings. The number of anilines is 3. The quantitative estimate of drug-likeness (QED) is 0.472. The Morgan fingerprint density at radius 3 is 2.53 bits per heavy atom. The van der Waals surface area contributed by atoms with Crippen molar-refractivity contribution in [1.29, 1.82) is 0 Å². The van der Waals surface area contributed by atoms with Crippen LogP contribution in [0.4, 0.5) is 30.8 Å². The first kappa shape index (κ1) is 19.7. The highest BCUT2D eigenvalue weighted by molar-refractivity contribution is 5.94. The molecular weight excluding hydrogens is 418 g/mol. The van der Waals surface area contributed by atoms with Crippen molar-refractivity contribution < 1.29 is 18.3 Å². The van der Waals surface area contributed by atoms with Gasteiger partial charge in [0.05, 0.1) is 11.9 Å². The third kappa shape index (κ3) is 3.78. The Balaban J connectivity index is 1.39. The van der Waals surface area contributed by atoms with E-state index in [0.29, 0.717) is 24.6 Å². The van der Waals surface area contributed by atoms with Crippen molar-refractivity contribution in [3.63, 3.8) is 0 Å². The number of ether oxygens (including phenoxy) is 1. The first-order valence-corrected chi connectivity index (χ1v) is 9.88. The number of rotatable bonds is 6. The van der Waals surface area contributed by atoms with E-state index in [1.54, 1.807) is 35.6 Å². The van der Waals surface area contributed by atoms with Gasteiger partial charge >= 0.3 is 12.6 Å². The molecule has 0 aliphatic carbocycles. The number of hydrogen-bond acceptors (Lipinski definition) is 5. The molecule has 0 bridgehead atoms. The van der Waals surface area contributed by atoms with Crippen LogP contribution < -0.4 is 20.3 Å². The van der Waals surface area contributed by atoms with Crippen LogP contribution in [0.15, 0.2) is 67.1 Å². The fraction of sp³-hybridized carbons (Fsp3) is 0.136. The number of alkyl halides is 2.